The van der Waals surface area contributed by atoms with Crippen LogP contribution in [0.2, 0.25) is 0 Å². The maximum atomic E-state index is 14.6. The van der Waals surface area contributed by atoms with Crippen molar-refractivity contribution in [2.24, 2.45) is 5.92 Å². The smallest absolute Gasteiger partial charge is 0.256 e. The molecule has 6 nitrogen and oxygen atoms in total. The predicted molar refractivity (Wildman–Crippen MR) is 117 cm³/mol. The number of amides is 2. The number of carbonyl (C=O) groups excluding carboxylic acids is 2. The van der Waals surface area contributed by atoms with Crippen molar-refractivity contribution in [2.75, 3.05) is 11.9 Å². The SMILES string of the molecule is CCn1c(-c2ccccc2F)nc2cc(NC(C)=O)cc(C(=O)N3C[C@H]4CC[C@@H]3C4)c21. The molecule has 7 heteroatoms. The maximum absolute atomic E-state index is 14.6. The highest BCUT2D eigenvalue weighted by atomic mass is 19.1. The second kappa shape index (κ2) is 7.48. The van der Waals surface area contributed by atoms with Crippen LogP contribution in [0, 0.1) is 11.7 Å². The quantitative estimate of drug-likeness (QED) is 0.678. The Balaban J connectivity index is 1.71. The van der Waals surface area contributed by atoms with Gasteiger partial charge in [-0.15, -0.1) is 0 Å². The number of benzene rings is 2. The van der Waals surface area contributed by atoms with Gasteiger partial charge in [0.15, 0.2) is 0 Å². The number of piperidine rings is 1. The molecule has 0 radical (unpaired) electrons. The zero-order chi connectivity index (χ0) is 21.7. The molecule has 1 aromatic heterocycles. The van der Waals surface area contributed by atoms with E-state index >= 15 is 0 Å². The number of hydrogen-bond donors (Lipinski definition) is 1. The third kappa shape index (κ3) is 3.28. The van der Waals surface area contributed by atoms with Crippen molar-refractivity contribution in [3.8, 4) is 11.4 Å². The molecule has 0 unspecified atom stereocenters. The molecule has 1 saturated heterocycles. The number of likely N-dealkylation sites (tertiary alicyclic amines) is 1. The summed E-state index contributed by atoms with van der Waals surface area (Å²) in [5.74, 6) is 0.432. The van der Waals surface area contributed by atoms with Gasteiger partial charge in [-0.3, -0.25) is 9.59 Å². The molecule has 2 amide bonds. The second-order valence-electron chi connectivity index (χ2n) is 8.52. The highest BCUT2D eigenvalue weighted by Gasteiger charge is 2.41. The number of rotatable bonds is 4. The monoisotopic (exact) mass is 420 g/mol. The van der Waals surface area contributed by atoms with Crippen molar-refractivity contribution in [2.45, 2.75) is 45.7 Å². The highest BCUT2D eigenvalue weighted by molar-refractivity contribution is 6.08. The molecular formula is C24H25FN4O2. The number of carbonyl (C=O) groups is 2. The summed E-state index contributed by atoms with van der Waals surface area (Å²) in [6.07, 6.45) is 3.28. The Labute approximate surface area is 180 Å². The topological polar surface area (TPSA) is 67.2 Å². The van der Waals surface area contributed by atoms with Crippen molar-refractivity contribution in [3.05, 3.63) is 47.8 Å². The van der Waals surface area contributed by atoms with E-state index in [-0.39, 0.29) is 23.7 Å². The Morgan fingerprint density at radius 3 is 2.68 bits per heavy atom. The average molecular weight is 420 g/mol. The Morgan fingerprint density at radius 2 is 2.03 bits per heavy atom. The molecule has 3 aromatic rings. The van der Waals surface area contributed by atoms with Crippen LogP contribution in [0.3, 0.4) is 0 Å². The fourth-order valence-corrected chi connectivity index (χ4v) is 5.19. The molecule has 0 spiro atoms. The number of halogens is 1. The van der Waals surface area contributed by atoms with Gasteiger partial charge in [-0.1, -0.05) is 12.1 Å². The number of nitrogens with one attached hydrogen (secondary N) is 1. The van der Waals surface area contributed by atoms with Crippen molar-refractivity contribution in [3.63, 3.8) is 0 Å². The average Bonchev–Trinajstić information content (AvgIpc) is 3.46. The van der Waals surface area contributed by atoms with Gasteiger partial charge >= 0.3 is 0 Å². The van der Waals surface area contributed by atoms with E-state index < -0.39 is 0 Å². The summed E-state index contributed by atoms with van der Waals surface area (Å²) in [4.78, 5) is 32.0. The molecule has 2 fully saturated rings. The minimum absolute atomic E-state index is 0.0425. The first-order valence-corrected chi connectivity index (χ1v) is 10.8. The Kier molecular flexibility index (Phi) is 4.76. The molecule has 2 atom stereocenters. The van der Waals surface area contributed by atoms with Crippen LogP contribution < -0.4 is 5.32 Å². The lowest BCUT2D eigenvalue weighted by Gasteiger charge is -2.27. The van der Waals surface area contributed by atoms with Crippen LogP contribution in [0.4, 0.5) is 10.1 Å². The van der Waals surface area contributed by atoms with Gasteiger partial charge in [-0.05, 0) is 56.4 Å². The van der Waals surface area contributed by atoms with E-state index in [2.05, 4.69) is 5.32 Å². The summed E-state index contributed by atoms with van der Waals surface area (Å²) >= 11 is 0. The van der Waals surface area contributed by atoms with Crippen LogP contribution in [-0.2, 0) is 11.3 Å². The molecule has 160 valence electrons. The molecule has 2 aliphatic rings. The largest absolute Gasteiger partial charge is 0.335 e. The molecule has 1 N–H and O–H groups in total. The molecule has 1 saturated carbocycles. The summed E-state index contributed by atoms with van der Waals surface area (Å²) in [6, 6.07) is 10.3. The first kappa shape index (κ1) is 19.7. The van der Waals surface area contributed by atoms with E-state index in [1.165, 1.54) is 19.4 Å². The van der Waals surface area contributed by atoms with Gasteiger partial charge in [0, 0.05) is 31.7 Å². The summed E-state index contributed by atoms with van der Waals surface area (Å²) in [5, 5.41) is 2.78. The number of fused-ring (bicyclic) bond motifs is 3. The van der Waals surface area contributed by atoms with Crippen LogP contribution in [0.5, 0.6) is 0 Å². The number of aryl methyl sites for hydroxylation is 1. The Bertz CT molecular complexity index is 1200. The van der Waals surface area contributed by atoms with Gasteiger partial charge in [0.25, 0.3) is 5.91 Å². The molecule has 31 heavy (non-hydrogen) atoms. The zero-order valence-electron chi connectivity index (χ0n) is 17.7. The van der Waals surface area contributed by atoms with Gasteiger partial charge in [0.2, 0.25) is 5.91 Å². The van der Waals surface area contributed by atoms with E-state index in [9.17, 15) is 14.0 Å². The molecule has 2 bridgehead atoms. The van der Waals surface area contributed by atoms with Crippen molar-refractivity contribution >= 4 is 28.5 Å². The van der Waals surface area contributed by atoms with E-state index in [0.29, 0.717) is 46.1 Å². The fraction of sp³-hybridized carbons (Fsp3) is 0.375. The van der Waals surface area contributed by atoms with E-state index in [4.69, 9.17) is 4.98 Å². The van der Waals surface area contributed by atoms with Gasteiger partial charge < -0.3 is 14.8 Å². The van der Waals surface area contributed by atoms with Crippen LogP contribution in [0.25, 0.3) is 22.4 Å². The second-order valence-corrected chi connectivity index (χ2v) is 8.52. The van der Waals surface area contributed by atoms with Gasteiger partial charge in [-0.2, -0.15) is 0 Å². The molecule has 5 rings (SSSR count). The van der Waals surface area contributed by atoms with Crippen molar-refractivity contribution in [1.82, 2.24) is 14.5 Å². The molecule has 1 aliphatic carbocycles. The molecule has 1 aliphatic heterocycles. The van der Waals surface area contributed by atoms with Gasteiger partial charge in [0.05, 0.1) is 22.2 Å². The number of nitrogens with zero attached hydrogens (tertiary/aromatic N) is 3. The van der Waals surface area contributed by atoms with Gasteiger partial charge in [0.1, 0.15) is 11.6 Å². The molecule has 2 aromatic carbocycles. The maximum Gasteiger partial charge on any atom is 0.256 e. The van der Waals surface area contributed by atoms with E-state index in [1.807, 2.05) is 16.4 Å². The van der Waals surface area contributed by atoms with Gasteiger partial charge in [-0.25, -0.2) is 9.37 Å². The highest BCUT2D eigenvalue weighted by Crippen LogP contribution is 2.39. The first-order valence-electron chi connectivity index (χ1n) is 10.8. The number of aromatic nitrogens is 2. The van der Waals surface area contributed by atoms with Crippen LogP contribution in [0.15, 0.2) is 36.4 Å². The fourth-order valence-electron chi connectivity index (χ4n) is 5.19. The van der Waals surface area contributed by atoms with Crippen molar-refractivity contribution < 1.29 is 14.0 Å². The number of hydrogen-bond acceptors (Lipinski definition) is 3. The summed E-state index contributed by atoms with van der Waals surface area (Å²) < 4.78 is 16.5. The lowest BCUT2D eigenvalue weighted by atomic mass is 10.1. The van der Waals surface area contributed by atoms with Crippen LogP contribution in [-0.4, -0.2) is 38.9 Å². The lowest BCUT2D eigenvalue weighted by molar-refractivity contribution is -0.114. The Morgan fingerprint density at radius 1 is 1.23 bits per heavy atom. The first-order chi connectivity index (χ1) is 15.0. The Hall–Kier alpha value is -3.22. The summed E-state index contributed by atoms with van der Waals surface area (Å²) in [6.45, 7) is 4.70. The minimum atomic E-state index is -0.362. The third-order valence-corrected chi connectivity index (χ3v) is 6.49. The number of anilines is 1. The number of imidazole rings is 1. The van der Waals surface area contributed by atoms with Crippen LogP contribution >= 0.6 is 0 Å². The predicted octanol–water partition coefficient (Wildman–Crippen LogP) is 4.45. The zero-order valence-corrected chi connectivity index (χ0v) is 17.7. The minimum Gasteiger partial charge on any atom is -0.335 e. The van der Waals surface area contributed by atoms with Crippen LogP contribution in [0.1, 0.15) is 43.5 Å². The third-order valence-electron chi connectivity index (χ3n) is 6.49. The molecular weight excluding hydrogens is 395 g/mol. The summed E-state index contributed by atoms with van der Waals surface area (Å²) in [5.41, 5.74) is 2.67. The molecule has 2 heterocycles. The van der Waals surface area contributed by atoms with E-state index in [1.54, 1.807) is 30.3 Å². The summed E-state index contributed by atoms with van der Waals surface area (Å²) in [7, 11) is 0. The van der Waals surface area contributed by atoms with Crippen molar-refractivity contribution in [1.29, 1.82) is 0 Å². The normalized spacial score (nSPS) is 19.9. The van der Waals surface area contributed by atoms with E-state index in [0.717, 1.165) is 19.4 Å². The lowest BCUT2D eigenvalue weighted by Crippen LogP contribution is -2.37. The standard InChI is InChI=1S/C24H25FN4O2/c1-3-28-22-19(24(31)29-13-15-8-9-17(29)10-15)11-16(26-14(2)30)12-21(22)27-23(28)18-6-4-5-7-20(18)25/h4-7,11-12,15,17H,3,8-10,13H2,1-2H3,(H,26,30)/t15-,17+/m0/s1.